The summed E-state index contributed by atoms with van der Waals surface area (Å²) in [5.41, 5.74) is 0.899. The molecule has 1 rings (SSSR count). The molecule has 1 atom stereocenters. The molecular formula is C13H19N3O3. The third-order valence-electron chi connectivity index (χ3n) is 2.60. The smallest absolute Gasteiger partial charge is 0.407 e. The predicted octanol–water partition coefficient (Wildman–Crippen LogP) is 1.08. The van der Waals surface area contributed by atoms with Crippen molar-refractivity contribution in [1.82, 2.24) is 15.6 Å². The van der Waals surface area contributed by atoms with Crippen LogP contribution < -0.4 is 10.6 Å². The van der Waals surface area contributed by atoms with Crippen LogP contribution in [0.5, 0.6) is 0 Å². The molecule has 0 spiro atoms. The van der Waals surface area contributed by atoms with Crippen LogP contribution in [0.2, 0.25) is 0 Å². The summed E-state index contributed by atoms with van der Waals surface area (Å²) >= 11 is 0. The lowest BCUT2D eigenvalue weighted by molar-refractivity contribution is -0.124. The summed E-state index contributed by atoms with van der Waals surface area (Å²) < 4.78 is 4.50. The molecule has 19 heavy (non-hydrogen) atoms. The van der Waals surface area contributed by atoms with Gasteiger partial charge in [-0.15, -0.1) is 0 Å². The number of hydrogen-bond acceptors (Lipinski definition) is 4. The molecule has 1 aromatic heterocycles. The van der Waals surface area contributed by atoms with Crippen LogP contribution in [-0.4, -0.2) is 30.1 Å². The molecule has 1 heterocycles. The molecule has 6 heteroatoms. The summed E-state index contributed by atoms with van der Waals surface area (Å²) in [4.78, 5) is 27.2. The lowest BCUT2D eigenvalue weighted by Crippen LogP contribution is -2.49. The van der Waals surface area contributed by atoms with Crippen LogP contribution >= 0.6 is 0 Å². The normalized spacial score (nSPS) is 11.8. The first-order valence-corrected chi connectivity index (χ1v) is 6.05. The molecule has 6 nitrogen and oxygen atoms in total. The van der Waals surface area contributed by atoms with Crippen molar-refractivity contribution in [2.24, 2.45) is 5.92 Å². The fraction of sp³-hybridized carbons (Fsp3) is 0.462. The molecule has 0 radical (unpaired) electrons. The molecule has 0 saturated carbocycles. The molecular weight excluding hydrogens is 246 g/mol. The van der Waals surface area contributed by atoms with Crippen molar-refractivity contribution in [3.05, 3.63) is 30.1 Å². The predicted molar refractivity (Wildman–Crippen MR) is 70.3 cm³/mol. The third-order valence-corrected chi connectivity index (χ3v) is 2.60. The van der Waals surface area contributed by atoms with E-state index in [4.69, 9.17) is 0 Å². The van der Waals surface area contributed by atoms with Gasteiger partial charge >= 0.3 is 6.09 Å². The number of ether oxygens (including phenoxy) is 1. The number of carbonyl (C=O) groups excluding carboxylic acids is 2. The maximum Gasteiger partial charge on any atom is 0.407 e. The van der Waals surface area contributed by atoms with E-state index in [-0.39, 0.29) is 11.8 Å². The Balaban J connectivity index is 2.55. The summed E-state index contributed by atoms with van der Waals surface area (Å²) in [6, 6.07) is 3.04. The maximum atomic E-state index is 12.0. The molecule has 0 bridgehead atoms. The fourth-order valence-electron chi connectivity index (χ4n) is 1.52. The summed E-state index contributed by atoms with van der Waals surface area (Å²) in [6.45, 7) is 4.08. The van der Waals surface area contributed by atoms with Gasteiger partial charge in [-0.1, -0.05) is 19.9 Å². The van der Waals surface area contributed by atoms with Crippen LogP contribution in [0, 0.1) is 5.92 Å². The van der Waals surface area contributed by atoms with Gasteiger partial charge in [-0.25, -0.2) is 4.79 Å². The quantitative estimate of drug-likeness (QED) is 0.834. The Hall–Kier alpha value is -2.11. The van der Waals surface area contributed by atoms with Gasteiger partial charge in [-0.2, -0.15) is 0 Å². The van der Waals surface area contributed by atoms with Gasteiger partial charge < -0.3 is 15.4 Å². The molecule has 2 amide bonds. The van der Waals surface area contributed by atoms with Gasteiger partial charge in [0.2, 0.25) is 5.91 Å². The Morgan fingerprint density at radius 3 is 2.68 bits per heavy atom. The minimum atomic E-state index is -0.621. The van der Waals surface area contributed by atoms with Crippen molar-refractivity contribution < 1.29 is 14.3 Å². The van der Waals surface area contributed by atoms with Gasteiger partial charge in [0.05, 0.1) is 7.11 Å². The van der Waals surface area contributed by atoms with Crippen LogP contribution in [0.4, 0.5) is 4.79 Å². The Kier molecular flexibility index (Phi) is 5.78. The van der Waals surface area contributed by atoms with Crippen molar-refractivity contribution in [2.75, 3.05) is 7.11 Å². The first-order chi connectivity index (χ1) is 9.04. The molecule has 0 aliphatic rings. The number of alkyl carbamates (subject to hydrolysis) is 1. The summed E-state index contributed by atoms with van der Waals surface area (Å²) in [5, 5.41) is 5.27. The number of nitrogens with zero attached hydrogens (tertiary/aromatic N) is 1. The third kappa shape index (κ3) is 4.95. The van der Waals surface area contributed by atoms with Gasteiger partial charge in [0.1, 0.15) is 6.04 Å². The summed E-state index contributed by atoms with van der Waals surface area (Å²) in [5.74, 6) is -0.280. The second-order valence-corrected chi connectivity index (χ2v) is 4.44. The summed E-state index contributed by atoms with van der Waals surface area (Å²) in [6.07, 6.45) is 2.73. The first-order valence-electron chi connectivity index (χ1n) is 6.05. The van der Waals surface area contributed by atoms with E-state index in [9.17, 15) is 9.59 Å². The molecule has 0 aliphatic heterocycles. The topological polar surface area (TPSA) is 80.3 Å². The second-order valence-electron chi connectivity index (χ2n) is 4.44. The Labute approximate surface area is 112 Å². The number of rotatable bonds is 5. The van der Waals surface area contributed by atoms with Crippen molar-refractivity contribution in [1.29, 1.82) is 0 Å². The molecule has 2 N–H and O–H groups in total. The minimum absolute atomic E-state index is 0.0343. The minimum Gasteiger partial charge on any atom is -0.453 e. The fourth-order valence-corrected chi connectivity index (χ4v) is 1.52. The SMILES string of the molecule is COC(=O)N[C@H](C(=O)NCc1cccnc1)C(C)C. The number of methoxy groups -OCH3 is 1. The number of amides is 2. The molecule has 0 aromatic carbocycles. The van der Waals surface area contributed by atoms with Gasteiger partial charge in [0.25, 0.3) is 0 Å². The number of hydrogen-bond donors (Lipinski definition) is 2. The zero-order valence-electron chi connectivity index (χ0n) is 11.3. The Morgan fingerprint density at radius 2 is 2.16 bits per heavy atom. The van der Waals surface area contributed by atoms with Crippen LogP contribution in [0.1, 0.15) is 19.4 Å². The molecule has 1 aromatic rings. The van der Waals surface area contributed by atoms with E-state index in [1.165, 1.54) is 7.11 Å². The van der Waals surface area contributed by atoms with E-state index in [0.29, 0.717) is 6.54 Å². The van der Waals surface area contributed by atoms with E-state index >= 15 is 0 Å². The molecule has 0 fully saturated rings. The number of carbonyl (C=O) groups is 2. The van der Waals surface area contributed by atoms with Crippen molar-refractivity contribution in [2.45, 2.75) is 26.4 Å². The first kappa shape index (κ1) is 14.9. The number of nitrogens with one attached hydrogen (secondary N) is 2. The van der Waals surface area contributed by atoms with Crippen molar-refractivity contribution in [3.8, 4) is 0 Å². The highest BCUT2D eigenvalue weighted by Crippen LogP contribution is 2.03. The van der Waals surface area contributed by atoms with E-state index < -0.39 is 12.1 Å². The summed E-state index contributed by atoms with van der Waals surface area (Å²) in [7, 11) is 1.26. The van der Waals surface area contributed by atoms with Gasteiger partial charge in [0.15, 0.2) is 0 Å². The zero-order valence-corrected chi connectivity index (χ0v) is 11.3. The van der Waals surface area contributed by atoms with E-state index in [1.807, 2.05) is 19.9 Å². The molecule has 0 saturated heterocycles. The van der Waals surface area contributed by atoms with Crippen molar-refractivity contribution in [3.63, 3.8) is 0 Å². The van der Waals surface area contributed by atoms with Crippen LogP contribution in [0.3, 0.4) is 0 Å². The van der Waals surface area contributed by atoms with Crippen molar-refractivity contribution >= 4 is 12.0 Å². The zero-order chi connectivity index (χ0) is 14.3. The largest absolute Gasteiger partial charge is 0.453 e. The van der Waals surface area contributed by atoms with E-state index in [2.05, 4.69) is 20.4 Å². The number of pyridine rings is 1. The lowest BCUT2D eigenvalue weighted by Gasteiger charge is -2.20. The lowest BCUT2D eigenvalue weighted by atomic mass is 10.0. The van der Waals surface area contributed by atoms with E-state index in [1.54, 1.807) is 18.5 Å². The maximum absolute atomic E-state index is 12.0. The highest BCUT2D eigenvalue weighted by atomic mass is 16.5. The molecule has 0 aliphatic carbocycles. The average molecular weight is 265 g/mol. The van der Waals surface area contributed by atoms with Gasteiger partial charge in [-0.05, 0) is 17.5 Å². The average Bonchev–Trinajstić information content (AvgIpc) is 2.42. The van der Waals surface area contributed by atoms with Gasteiger partial charge in [-0.3, -0.25) is 9.78 Å². The highest BCUT2D eigenvalue weighted by Gasteiger charge is 2.24. The molecule has 0 unspecified atom stereocenters. The standard InChI is InChI=1S/C13H19N3O3/c1-9(2)11(16-13(18)19-3)12(17)15-8-10-5-4-6-14-7-10/h4-7,9,11H,8H2,1-3H3,(H,15,17)(H,16,18)/t11-/m0/s1. The molecule has 104 valence electrons. The number of aromatic nitrogens is 1. The monoisotopic (exact) mass is 265 g/mol. The Morgan fingerprint density at radius 1 is 1.42 bits per heavy atom. The Bertz CT molecular complexity index is 420. The second kappa shape index (κ2) is 7.35. The van der Waals surface area contributed by atoms with E-state index in [0.717, 1.165) is 5.56 Å². The van der Waals surface area contributed by atoms with Gasteiger partial charge in [0, 0.05) is 18.9 Å². The van der Waals surface area contributed by atoms with Crippen LogP contribution in [0.25, 0.3) is 0 Å². The highest BCUT2D eigenvalue weighted by molar-refractivity contribution is 5.85. The van der Waals surface area contributed by atoms with Crippen LogP contribution in [-0.2, 0) is 16.1 Å². The van der Waals surface area contributed by atoms with Crippen LogP contribution in [0.15, 0.2) is 24.5 Å².